The van der Waals surface area contributed by atoms with Crippen molar-refractivity contribution in [1.82, 2.24) is 5.32 Å². The highest BCUT2D eigenvalue weighted by molar-refractivity contribution is 7.80. The Morgan fingerprint density at radius 3 is 2.67 bits per heavy atom. The lowest BCUT2D eigenvalue weighted by molar-refractivity contribution is -0.137. The zero-order valence-electron chi connectivity index (χ0n) is 15.7. The van der Waals surface area contributed by atoms with Gasteiger partial charge in [-0.25, -0.2) is 0 Å². The number of aliphatic hydroxyl groups is 1. The van der Waals surface area contributed by atoms with Crippen LogP contribution in [0.5, 0.6) is 5.75 Å². The minimum Gasteiger partial charge on any atom is -0.493 e. The lowest BCUT2D eigenvalue weighted by Crippen LogP contribution is -2.42. The number of nitrogens with one attached hydrogen (secondary N) is 2. The van der Waals surface area contributed by atoms with Crippen molar-refractivity contribution in [3.63, 3.8) is 0 Å². The highest BCUT2D eigenvalue weighted by Gasteiger charge is 2.33. The molecule has 0 saturated heterocycles. The van der Waals surface area contributed by atoms with Crippen LogP contribution >= 0.6 is 12.2 Å². The molecule has 0 saturated carbocycles. The molecule has 0 spiro atoms. The summed E-state index contributed by atoms with van der Waals surface area (Å²) in [5.74, 6) is 0.419. The monoisotopic (exact) mass is 432 g/mol. The van der Waals surface area contributed by atoms with E-state index in [4.69, 9.17) is 17.0 Å². The molecule has 1 heterocycles. The molecule has 0 radical (unpaired) electrons. The summed E-state index contributed by atoms with van der Waals surface area (Å²) >= 11 is 5.38. The predicted molar refractivity (Wildman–Crippen MR) is 114 cm³/mol. The van der Waals surface area contributed by atoms with Crippen LogP contribution in [0.25, 0.3) is 10.8 Å². The number of hydrogen-bond acceptors (Lipinski definition) is 3. The largest absolute Gasteiger partial charge is 0.493 e. The lowest BCUT2D eigenvalue weighted by atomic mass is 9.87. The fourth-order valence-corrected chi connectivity index (χ4v) is 3.93. The summed E-state index contributed by atoms with van der Waals surface area (Å²) in [5, 5.41) is 18.0. The maximum absolute atomic E-state index is 13.0. The zero-order chi connectivity index (χ0) is 21.3. The van der Waals surface area contributed by atoms with Crippen molar-refractivity contribution in [3.8, 4) is 5.75 Å². The second kappa shape index (κ2) is 8.12. The number of benzene rings is 3. The molecular formula is C22H19F3N2O2S. The Balaban J connectivity index is 1.62. The molecule has 156 valence electrons. The lowest BCUT2D eigenvalue weighted by Gasteiger charge is -2.35. The van der Waals surface area contributed by atoms with Crippen LogP contribution in [0.1, 0.15) is 17.2 Å². The van der Waals surface area contributed by atoms with E-state index in [0.29, 0.717) is 12.4 Å². The van der Waals surface area contributed by atoms with E-state index >= 15 is 0 Å². The number of thiocarbonyl (C=S) groups is 1. The molecule has 3 aromatic carbocycles. The molecule has 0 fully saturated rings. The summed E-state index contributed by atoms with van der Waals surface area (Å²) in [6, 6.07) is 16.1. The molecule has 3 N–H and O–H groups in total. The summed E-state index contributed by atoms with van der Waals surface area (Å²) in [5.41, 5.74) is 0.339. The summed E-state index contributed by atoms with van der Waals surface area (Å²) in [6.45, 7) is 0.165. The first-order chi connectivity index (χ1) is 14.4. The molecule has 4 nitrogen and oxygen atoms in total. The van der Waals surface area contributed by atoms with E-state index in [-0.39, 0.29) is 29.4 Å². The molecule has 1 aliphatic heterocycles. The average Bonchev–Trinajstić information content (AvgIpc) is 2.73. The summed E-state index contributed by atoms with van der Waals surface area (Å²) in [4.78, 5) is 0. The number of aliphatic hydroxyl groups excluding tert-OH is 1. The van der Waals surface area contributed by atoms with Gasteiger partial charge in [0.25, 0.3) is 0 Å². The standard InChI is InChI=1S/C22H19F3N2O2S/c23-22(24,25)15-5-3-6-16(10-15)26-21(30)27-20-14(11-28)12-29-18-9-8-13-4-1-2-7-17(13)19(18)20/h1-10,14,20,28H,11-12H2,(H2,26,27,30). The van der Waals surface area contributed by atoms with Crippen molar-refractivity contribution < 1.29 is 23.0 Å². The molecule has 0 bridgehead atoms. The number of hydrogen-bond donors (Lipinski definition) is 3. The van der Waals surface area contributed by atoms with E-state index in [1.54, 1.807) is 0 Å². The molecular weight excluding hydrogens is 413 g/mol. The van der Waals surface area contributed by atoms with Crippen LogP contribution < -0.4 is 15.4 Å². The molecule has 2 atom stereocenters. The Kier molecular flexibility index (Phi) is 5.53. The van der Waals surface area contributed by atoms with Gasteiger partial charge in [-0.05, 0) is 47.3 Å². The molecule has 2 unspecified atom stereocenters. The van der Waals surface area contributed by atoms with E-state index < -0.39 is 11.7 Å². The fraction of sp³-hybridized carbons (Fsp3) is 0.227. The molecule has 0 aromatic heterocycles. The Morgan fingerprint density at radius 2 is 1.90 bits per heavy atom. The number of rotatable bonds is 3. The third kappa shape index (κ3) is 4.06. The fourth-order valence-electron chi connectivity index (χ4n) is 3.68. The van der Waals surface area contributed by atoms with Gasteiger partial charge < -0.3 is 20.5 Å². The molecule has 30 heavy (non-hydrogen) atoms. The van der Waals surface area contributed by atoms with Crippen LogP contribution in [0.15, 0.2) is 60.7 Å². The first-order valence-corrected chi connectivity index (χ1v) is 9.77. The van der Waals surface area contributed by atoms with Crippen molar-refractivity contribution in [3.05, 3.63) is 71.8 Å². The van der Waals surface area contributed by atoms with E-state index in [2.05, 4.69) is 10.6 Å². The van der Waals surface area contributed by atoms with Gasteiger partial charge in [-0.1, -0.05) is 36.4 Å². The topological polar surface area (TPSA) is 53.5 Å². The van der Waals surface area contributed by atoms with Crippen LogP contribution in [0.2, 0.25) is 0 Å². The van der Waals surface area contributed by atoms with Gasteiger partial charge in [0.15, 0.2) is 5.11 Å². The molecule has 8 heteroatoms. The smallest absolute Gasteiger partial charge is 0.416 e. The van der Waals surface area contributed by atoms with Crippen LogP contribution in [0, 0.1) is 5.92 Å². The van der Waals surface area contributed by atoms with Gasteiger partial charge >= 0.3 is 6.18 Å². The van der Waals surface area contributed by atoms with Gasteiger partial charge in [0.05, 0.1) is 24.8 Å². The first-order valence-electron chi connectivity index (χ1n) is 9.37. The average molecular weight is 432 g/mol. The quantitative estimate of drug-likeness (QED) is 0.515. The van der Waals surface area contributed by atoms with Crippen molar-refractivity contribution in [1.29, 1.82) is 0 Å². The number of alkyl halides is 3. The molecule has 3 aromatic rings. The highest BCUT2D eigenvalue weighted by Crippen LogP contribution is 2.40. The van der Waals surface area contributed by atoms with Crippen LogP contribution in [0.3, 0.4) is 0 Å². The maximum Gasteiger partial charge on any atom is 0.416 e. The summed E-state index contributed by atoms with van der Waals surface area (Å²) in [6.07, 6.45) is -4.44. The minimum atomic E-state index is -4.44. The molecule has 1 aliphatic rings. The number of fused-ring (bicyclic) bond motifs is 3. The second-order valence-electron chi connectivity index (χ2n) is 7.11. The third-order valence-corrected chi connectivity index (χ3v) is 5.35. The van der Waals surface area contributed by atoms with E-state index in [0.717, 1.165) is 28.5 Å². The minimum absolute atomic E-state index is 0.132. The Labute approximate surface area is 176 Å². The number of ether oxygens (including phenoxy) is 1. The molecule has 0 amide bonds. The van der Waals surface area contributed by atoms with Gasteiger partial charge in [0.2, 0.25) is 0 Å². The van der Waals surface area contributed by atoms with Crippen LogP contribution in [-0.2, 0) is 6.18 Å². The van der Waals surface area contributed by atoms with Gasteiger partial charge in [-0.15, -0.1) is 0 Å². The van der Waals surface area contributed by atoms with Gasteiger partial charge in [0.1, 0.15) is 5.75 Å². The van der Waals surface area contributed by atoms with Crippen molar-refractivity contribution in [2.45, 2.75) is 12.2 Å². The number of halogens is 3. The molecule has 0 aliphatic carbocycles. The Hall–Kier alpha value is -2.84. The van der Waals surface area contributed by atoms with Gasteiger partial charge in [-0.3, -0.25) is 0 Å². The Bertz CT molecular complexity index is 1090. The van der Waals surface area contributed by atoms with Crippen molar-refractivity contribution >= 4 is 33.8 Å². The zero-order valence-corrected chi connectivity index (χ0v) is 16.6. The SMILES string of the molecule is OCC1COc2ccc3ccccc3c2C1NC(=S)Nc1cccc(C(F)(F)F)c1. The van der Waals surface area contributed by atoms with Crippen LogP contribution in [-0.4, -0.2) is 23.4 Å². The first kappa shape index (κ1) is 20.4. The summed E-state index contributed by atoms with van der Waals surface area (Å²) in [7, 11) is 0. The van der Waals surface area contributed by atoms with E-state index in [1.807, 2.05) is 36.4 Å². The number of anilines is 1. The summed E-state index contributed by atoms with van der Waals surface area (Å²) < 4.78 is 44.7. The second-order valence-corrected chi connectivity index (χ2v) is 7.52. The maximum atomic E-state index is 13.0. The molecule has 4 rings (SSSR count). The third-order valence-electron chi connectivity index (χ3n) is 5.13. The highest BCUT2D eigenvalue weighted by atomic mass is 32.1. The van der Waals surface area contributed by atoms with Crippen molar-refractivity contribution in [2.24, 2.45) is 5.92 Å². The van der Waals surface area contributed by atoms with E-state index in [9.17, 15) is 18.3 Å². The Morgan fingerprint density at radius 1 is 1.10 bits per heavy atom. The van der Waals surface area contributed by atoms with Gasteiger partial charge in [-0.2, -0.15) is 13.2 Å². The van der Waals surface area contributed by atoms with E-state index in [1.165, 1.54) is 12.1 Å². The van der Waals surface area contributed by atoms with Crippen molar-refractivity contribution in [2.75, 3.05) is 18.5 Å². The normalized spacial score (nSPS) is 18.4. The predicted octanol–water partition coefficient (Wildman–Crippen LogP) is 4.89. The van der Waals surface area contributed by atoms with Gasteiger partial charge in [0, 0.05) is 17.2 Å². The van der Waals surface area contributed by atoms with Crippen LogP contribution in [0.4, 0.5) is 18.9 Å².